The average Bonchev–Trinajstić information content (AvgIpc) is 3.12. The third-order valence-electron chi connectivity index (χ3n) is 3.93. The number of para-hydroxylation sites is 1. The molecule has 0 fully saturated rings. The summed E-state index contributed by atoms with van der Waals surface area (Å²) in [6, 6.07) is 11.3. The van der Waals surface area contributed by atoms with Gasteiger partial charge in [0.2, 0.25) is 5.75 Å². The number of nitrogens with one attached hydrogen (secondary N) is 2. The highest BCUT2D eigenvalue weighted by Crippen LogP contribution is 2.39. The third kappa shape index (κ3) is 4.06. The fourth-order valence-electron chi connectivity index (χ4n) is 2.67. The predicted molar refractivity (Wildman–Crippen MR) is 107 cm³/mol. The molecule has 0 radical (unpaired) electrons. The molecule has 0 aliphatic carbocycles. The molecule has 8 heteroatoms. The van der Waals surface area contributed by atoms with Crippen molar-refractivity contribution in [2.45, 2.75) is 0 Å². The predicted octanol–water partition coefficient (Wildman–Crippen LogP) is 3.16. The molecular formula is C19H21N3O4S. The largest absolute Gasteiger partial charge is 0.493 e. The first-order valence-corrected chi connectivity index (χ1v) is 9.16. The Morgan fingerprint density at radius 1 is 1.00 bits per heavy atom. The van der Waals surface area contributed by atoms with Crippen LogP contribution in [0.1, 0.15) is 10.4 Å². The SMILES string of the molecule is COc1ccc(C(=O)NCCNc2nc3ccccc3s2)c(OC)c1OC. The quantitative estimate of drug-likeness (QED) is 0.578. The molecule has 2 N–H and O–H groups in total. The Morgan fingerprint density at radius 2 is 1.78 bits per heavy atom. The van der Waals surface area contributed by atoms with E-state index in [-0.39, 0.29) is 5.91 Å². The second-order valence-electron chi connectivity index (χ2n) is 5.55. The molecule has 0 aliphatic rings. The first-order valence-electron chi connectivity index (χ1n) is 8.34. The second-order valence-corrected chi connectivity index (χ2v) is 6.58. The number of benzene rings is 2. The molecule has 0 saturated heterocycles. The van der Waals surface area contributed by atoms with Gasteiger partial charge < -0.3 is 24.8 Å². The monoisotopic (exact) mass is 387 g/mol. The fourth-order valence-corrected chi connectivity index (χ4v) is 3.56. The number of ether oxygens (including phenoxy) is 3. The number of carbonyl (C=O) groups is 1. The van der Waals surface area contributed by atoms with Crippen LogP contribution >= 0.6 is 11.3 Å². The molecular weight excluding hydrogens is 366 g/mol. The summed E-state index contributed by atoms with van der Waals surface area (Å²) in [5.41, 5.74) is 1.35. The van der Waals surface area contributed by atoms with Crippen molar-refractivity contribution in [2.24, 2.45) is 0 Å². The Kier molecular flexibility index (Phi) is 5.97. The second kappa shape index (κ2) is 8.59. The molecule has 3 rings (SSSR count). The number of methoxy groups -OCH3 is 3. The van der Waals surface area contributed by atoms with Gasteiger partial charge in [-0.15, -0.1) is 0 Å². The van der Waals surface area contributed by atoms with Crippen LogP contribution in [-0.4, -0.2) is 45.3 Å². The van der Waals surface area contributed by atoms with Gasteiger partial charge in [0.05, 0.1) is 37.1 Å². The number of thiazole rings is 1. The minimum Gasteiger partial charge on any atom is -0.493 e. The van der Waals surface area contributed by atoms with Gasteiger partial charge in [0, 0.05) is 13.1 Å². The van der Waals surface area contributed by atoms with Crippen molar-refractivity contribution in [3.05, 3.63) is 42.0 Å². The van der Waals surface area contributed by atoms with Gasteiger partial charge in [0.25, 0.3) is 5.91 Å². The summed E-state index contributed by atoms with van der Waals surface area (Å²) in [6.45, 7) is 0.993. The molecule has 0 aliphatic heterocycles. The minimum absolute atomic E-state index is 0.251. The van der Waals surface area contributed by atoms with Gasteiger partial charge in [-0.25, -0.2) is 4.98 Å². The van der Waals surface area contributed by atoms with Crippen LogP contribution in [0.2, 0.25) is 0 Å². The van der Waals surface area contributed by atoms with Crippen LogP contribution in [0.5, 0.6) is 17.2 Å². The molecule has 27 heavy (non-hydrogen) atoms. The van der Waals surface area contributed by atoms with Crippen LogP contribution in [0.4, 0.5) is 5.13 Å². The fraction of sp³-hybridized carbons (Fsp3) is 0.263. The summed E-state index contributed by atoms with van der Waals surface area (Å²) in [5.74, 6) is 0.982. The first-order chi connectivity index (χ1) is 13.2. The van der Waals surface area contributed by atoms with E-state index in [9.17, 15) is 4.79 Å². The van der Waals surface area contributed by atoms with Crippen LogP contribution in [0, 0.1) is 0 Å². The topological polar surface area (TPSA) is 81.7 Å². The van der Waals surface area contributed by atoms with E-state index in [1.54, 1.807) is 23.5 Å². The van der Waals surface area contributed by atoms with Gasteiger partial charge >= 0.3 is 0 Å². The van der Waals surface area contributed by atoms with E-state index in [4.69, 9.17) is 14.2 Å². The minimum atomic E-state index is -0.251. The maximum Gasteiger partial charge on any atom is 0.255 e. The van der Waals surface area contributed by atoms with Gasteiger partial charge in [-0.2, -0.15) is 0 Å². The zero-order chi connectivity index (χ0) is 19.2. The van der Waals surface area contributed by atoms with Crippen molar-refractivity contribution in [3.63, 3.8) is 0 Å². The van der Waals surface area contributed by atoms with Crippen LogP contribution in [-0.2, 0) is 0 Å². The van der Waals surface area contributed by atoms with Crippen molar-refractivity contribution >= 4 is 32.6 Å². The summed E-state index contributed by atoms with van der Waals surface area (Å²) in [6.07, 6.45) is 0. The molecule has 0 atom stereocenters. The van der Waals surface area contributed by atoms with Crippen molar-refractivity contribution in [1.29, 1.82) is 0 Å². The lowest BCUT2D eigenvalue weighted by molar-refractivity contribution is 0.0951. The molecule has 1 amide bonds. The number of carbonyl (C=O) groups excluding carboxylic acids is 1. The normalized spacial score (nSPS) is 10.5. The number of hydrogen-bond donors (Lipinski definition) is 2. The van der Waals surface area contributed by atoms with E-state index in [2.05, 4.69) is 15.6 Å². The Labute approximate surface area is 161 Å². The lowest BCUT2D eigenvalue weighted by Crippen LogP contribution is -2.29. The van der Waals surface area contributed by atoms with E-state index in [0.29, 0.717) is 35.9 Å². The number of hydrogen-bond acceptors (Lipinski definition) is 7. The Morgan fingerprint density at radius 3 is 2.48 bits per heavy atom. The summed E-state index contributed by atoms with van der Waals surface area (Å²) >= 11 is 1.58. The Hall–Kier alpha value is -3.00. The van der Waals surface area contributed by atoms with Gasteiger partial charge in [0.1, 0.15) is 0 Å². The summed E-state index contributed by atoms with van der Waals surface area (Å²) < 4.78 is 17.0. The summed E-state index contributed by atoms with van der Waals surface area (Å²) in [4.78, 5) is 17.0. The highest BCUT2D eigenvalue weighted by Gasteiger charge is 2.20. The summed E-state index contributed by atoms with van der Waals surface area (Å²) in [7, 11) is 4.53. The number of rotatable bonds is 8. The maximum atomic E-state index is 12.5. The number of amides is 1. The van der Waals surface area contributed by atoms with Crippen LogP contribution < -0.4 is 24.8 Å². The molecule has 1 heterocycles. The lowest BCUT2D eigenvalue weighted by Gasteiger charge is -2.15. The Bertz CT molecular complexity index is 909. The molecule has 0 unspecified atom stereocenters. The smallest absolute Gasteiger partial charge is 0.255 e. The number of nitrogens with zero attached hydrogens (tertiary/aromatic N) is 1. The molecule has 142 valence electrons. The number of fused-ring (bicyclic) bond motifs is 1. The number of anilines is 1. The zero-order valence-electron chi connectivity index (χ0n) is 15.4. The van der Waals surface area contributed by atoms with E-state index < -0.39 is 0 Å². The van der Waals surface area contributed by atoms with E-state index in [1.807, 2.05) is 24.3 Å². The third-order valence-corrected chi connectivity index (χ3v) is 4.92. The summed E-state index contributed by atoms with van der Waals surface area (Å²) in [5, 5.41) is 6.92. The Balaban J connectivity index is 1.60. The van der Waals surface area contributed by atoms with E-state index in [1.165, 1.54) is 21.3 Å². The molecule has 1 aromatic heterocycles. The van der Waals surface area contributed by atoms with Crippen molar-refractivity contribution in [1.82, 2.24) is 10.3 Å². The molecule has 7 nitrogen and oxygen atoms in total. The molecule has 0 bridgehead atoms. The first kappa shape index (κ1) is 18.8. The van der Waals surface area contributed by atoms with Crippen molar-refractivity contribution in [3.8, 4) is 17.2 Å². The molecule has 3 aromatic rings. The van der Waals surface area contributed by atoms with Gasteiger partial charge in [0.15, 0.2) is 16.6 Å². The van der Waals surface area contributed by atoms with Gasteiger partial charge in [-0.05, 0) is 24.3 Å². The molecule has 0 spiro atoms. The zero-order valence-corrected chi connectivity index (χ0v) is 16.2. The van der Waals surface area contributed by atoms with Crippen molar-refractivity contribution in [2.75, 3.05) is 39.7 Å². The molecule has 2 aromatic carbocycles. The van der Waals surface area contributed by atoms with Crippen LogP contribution in [0.3, 0.4) is 0 Å². The van der Waals surface area contributed by atoms with Crippen LogP contribution in [0.15, 0.2) is 36.4 Å². The highest BCUT2D eigenvalue weighted by molar-refractivity contribution is 7.22. The standard InChI is InChI=1S/C19H21N3O4S/c1-24-14-9-8-12(16(25-2)17(14)26-3)18(23)20-10-11-21-19-22-13-6-4-5-7-15(13)27-19/h4-9H,10-11H2,1-3H3,(H,20,23)(H,21,22). The van der Waals surface area contributed by atoms with E-state index in [0.717, 1.165) is 15.3 Å². The van der Waals surface area contributed by atoms with Gasteiger partial charge in [-0.3, -0.25) is 4.79 Å². The lowest BCUT2D eigenvalue weighted by atomic mass is 10.1. The molecule has 0 saturated carbocycles. The van der Waals surface area contributed by atoms with Crippen LogP contribution in [0.25, 0.3) is 10.2 Å². The number of aromatic nitrogens is 1. The maximum absolute atomic E-state index is 12.5. The van der Waals surface area contributed by atoms with E-state index >= 15 is 0 Å². The van der Waals surface area contributed by atoms with Gasteiger partial charge in [-0.1, -0.05) is 23.5 Å². The average molecular weight is 387 g/mol. The highest BCUT2D eigenvalue weighted by atomic mass is 32.1. The van der Waals surface area contributed by atoms with Crippen molar-refractivity contribution < 1.29 is 19.0 Å².